The second-order valence-corrected chi connectivity index (χ2v) is 11.5. The molecule has 7 heteroatoms. The summed E-state index contributed by atoms with van der Waals surface area (Å²) < 4.78 is 66.4. The molecule has 0 N–H and O–H groups in total. The van der Waals surface area contributed by atoms with Gasteiger partial charge in [0.25, 0.3) is 0 Å². The Morgan fingerprint density at radius 2 is 1.75 bits per heavy atom. The van der Waals surface area contributed by atoms with E-state index in [1.54, 1.807) is 6.08 Å². The average Bonchev–Trinajstić information content (AvgIpc) is 2.79. The smallest absolute Gasteiger partial charge is 0.380 e. The number of halogens is 3. The van der Waals surface area contributed by atoms with E-state index in [0.29, 0.717) is 30.1 Å². The van der Waals surface area contributed by atoms with Gasteiger partial charge in [0.2, 0.25) is 0 Å². The maximum Gasteiger partial charge on any atom is 0.534 e. The largest absolute Gasteiger partial charge is 0.534 e. The van der Waals surface area contributed by atoms with Crippen molar-refractivity contribution >= 4 is 10.1 Å². The molecule has 3 nitrogen and oxygen atoms in total. The van der Waals surface area contributed by atoms with Crippen molar-refractivity contribution in [2.24, 2.45) is 34.5 Å². The molecule has 4 aliphatic rings. The maximum absolute atomic E-state index is 12.8. The van der Waals surface area contributed by atoms with E-state index >= 15 is 0 Å². The van der Waals surface area contributed by atoms with Crippen LogP contribution in [0.2, 0.25) is 0 Å². The molecule has 1 unspecified atom stereocenters. The molecular weight excluding hydrogens is 389 g/mol. The Morgan fingerprint density at radius 3 is 2.46 bits per heavy atom. The molecule has 0 saturated heterocycles. The van der Waals surface area contributed by atoms with Crippen LogP contribution in [-0.2, 0) is 14.3 Å². The first-order valence-electron chi connectivity index (χ1n) is 10.7. The third-order valence-corrected chi connectivity index (χ3v) is 9.79. The first-order valence-corrected chi connectivity index (χ1v) is 12.1. The first kappa shape index (κ1) is 20.5. The normalized spacial score (nSPS) is 44.0. The van der Waals surface area contributed by atoms with E-state index in [2.05, 4.69) is 11.1 Å². The highest BCUT2D eigenvalue weighted by Crippen LogP contribution is 2.66. The Labute approximate surface area is 166 Å². The average molecular weight is 421 g/mol. The standard InChI is InChI=1S/C21H31F3O3S/c1-19-12-5-3-4-6-14(19)7-8-15-16-9-10-18(20(16,2)13-11-17(15)19)27-28(25,26)21(22,23)24/h10,14-17H,3-9,11-13H2,1-2H3/t14-,15+,16+,17?,19+,20+/m1/s1. The van der Waals surface area contributed by atoms with Crippen molar-refractivity contribution in [3.05, 3.63) is 11.8 Å². The van der Waals surface area contributed by atoms with Gasteiger partial charge in [-0.1, -0.05) is 33.1 Å². The van der Waals surface area contributed by atoms with E-state index in [9.17, 15) is 21.6 Å². The van der Waals surface area contributed by atoms with Crippen molar-refractivity contribution in [2.75, 3.05) is 0 Å². The molecule has 160 valence electrons. The molecule has 0 amide bonds. The molecule has 0 heterocycles. The maximum atomic E-state index is 12.8. The second kappa shape index (κ2) is 6.64. The summed E-state index contributed by atoms with van der Waals surface area (Å²) >= 11 is 0. The van der Waals surface area contributed by atoms with E-state index < -0.39 is 21.0 Å². The zero-order chi connectivity index (χ0) is 20.4. The number of hydrogen-bond acceptors (Lipinski definition) is 3. The Morgan fingerprint density at radius 1 is 1.00 bits per heavy atom. The predicted octanol–water partition coefficient (Wildman–Crippen LogP) is 6.17. The summed E-state index contributed by atoms with van der Waals surface area (Å²) in [7, 11) is -5.60. The summed E-state index contributed by atoms with van der Waals surface area (Å²) in [5, 5.41) is 0. The van der Waals surface area contributed by atoms with Crippen molar-refractivity contribution in [3.8, 4) is 0 Å². The zero-order valence-electron chi connectivity index (χ0n) is 16.7. The minimum atomic E-state index is -5.60. The van der Waals surface area contributed by atoms with Gasteiger partial charge in [0, 0.05) is 5.41 Å². The lowest BCUT2D eigenvalue weighted by Crippen LogP contribution is -2.51. The van der Waals surface area contributed by atoms with Crippen LogP contribution in [0.25, 0.3) is 0 Å². The third-order valence-electron chi connectivity index (χ3n) is 8.83. The van der Waals surface area contributed by atoms with Crippen LogP contribution >= 0.6 is 0 Å². The minimum Gasteiger partial charge on any atom is -0.380 e. The summed E-state index contributed by atoms with van der Waals surface area (Å²) in [6, 6.07) is 0. The Balaban J connectivity index is 1.58. The van der Waals surface area contributed by atoms with E-state index in [1.807, 2.05) is 6.92 Å². The molecule has 0 aromatic rings. The molecule has 0 aliphatic heterocycles. The van der Waals surface area contributed by atoms with E-state index in [1.165, 1.54) is 38.5 Å². The molecule has 28 heavy (non-hydrogen) atoms. The van der Waals surface area contributed by atoms with Gasteiger partial charge in [-0.15, -0.1) is 0 Å². The summed E-state index contributed by atoms with van der Waals surface area (Å²) in [5.74, 6) is 2.02. The lowest BCUT2D eigenvalue weighted by atomic mass is 9.46. The second-order valence-electron chi connectivity index (χ2n) is 10.00. The van der Waals surface area contributed by atoms with Gasteiger partial charge in [0.1, 0.15) is 5.76 Å². The quantitative estimate of drug-likeness (QED) is 0.396. The van der Waals surface area contributed by atoms with Crippen LogP contribution in [0.15, 0.2) is 11.8 Å². The van der Waals surface area contributed by atoms with Gasteiger partial charge < -0.3 is 4.18 Å². The van der Waals surface area contributed by atoms with Gasteiger partial charge in [-0.05, 0) is 80.1 Å². The minimum absolute atomic E-state index is 0.0291. The fourth-order valence-corrected chi connectivity index (χ4v) is 7.88. The lowest BCUT2D eigenvalue weighted by molar-refractivity contribution is -0.0916. The molecule has 3 fully saturated rings. The van der Waals surface area contributed by atoms with Crippen LogP contribution in [0.4, 0.5) is 13.2 Å². The predicted molar refractivity (Wildman–Crippen MR) is 100 cm³/mol. The van der Waals surface area contributed by atoms with Gasteiger partial charge in [0.05, 0.1) is 0 Å². The Hall–Kier alpha value is -0.720. The highest BCUT2D eigenvalue weighted by Gasteiger charge is 2.60. The molecule has 0 aromatic heterocycles. The van der Waals surface area contributed by atoms with Gasteiger partial charge in [0.15, 0.2) is 0 Å². The number of hydrogen-bond donors (Lipinski definition) is 0. The van der Waals surface area contributed by atoms with Gasteiger partial charge in [-0.3, -0.25) is 0 Å². The summed E-state index contributed by atoms with van der Waals surface area (Å²) in [6.45, 7) is 4.37. The van der Waals surface area contributed by atoms with Gasteiger partial charge in [-0.25, -0.2) is 0 Å². The van der Waals surface area contributed by atoms with Crippen LogP contribution in [0.1, 0.15) is 78.1 Å². The highest BCUT2D eigenvalue weighted by atomic mass is 32.2. The van der Waals surface area contributed by atoms with E-state index in [-0.39, 0.29) is 11.7 Å². The fraction of sp³-hybridized carbons (Fsp3) is 0.905. The summed E-state index contributed by atoms with van der Waals surface area (Å²) in [6.07, 6.45) is 12.7. The van der Waals surface area contributed by atoms with Crippen LogP contribution in [0.3, 0.4) is 0 Å². The Kier molecular flexibility index (Phi) is 4.88. The molecule has 4 rings (SSSR count). The van der Waals surface area contributed by atoms with E-state index in [4.69, 9.17) is 0 Å². The molecule has 4 aliphatic carbocycles. The number of allylic oxidation sites excluding steroid dienone is 2. The number of alkyl halides is 3. The first-order chi connectivity index (χ1) is 13.0. The van der Waals surface area contributed by atoms with Crippen molar-refractivity contribution in [1.29, 1.82) is 0 Å². The van der Waals surface area contributed by atoms with Crippen LogP contribution in [-0.4, -0.2) is 13.9 Å². The van der Waals surface area contributed by atoms with Crippen molar-refractivity contribution in [3.63, 3.8) is 0 Å². The zero-order valence-corrected chi connectivity index (χ0v) is 17.5. The highest BCUT2D eigenvalue weighted by molar-refractivity contribution is 7.87. The monoisotopic (exact) mass is 420 g/mol. The molecule has 3 saturated carbocycles. The van der Waals surface area contributed by atoms with Gasteiger partial charge >= 0.3 is 15.6 Å². The van der Waals surface area contributed by atoms with Crippen molar-refractivity contribution in [1.82, 2.24) is 0 Å². The molecule has 0 bridgehead atoms. The van der Waals surface area contributed by atoms with Crippen LogP contribution < -0.4 is 0 Å². The van der Waals surface area contributed by atoms with E-state index in [0.717, 1.165) is 18.8 Å². The number of rotatable bonds is 2. The number of fused-ring (bicyclic) bond motifs is 5. The Bertz CT molecular complexity index is 759. The molecule has 6 atom stereocenters. The van der Waals surface area contributed by atoms with Crippen molar-refractivity contribution < 1.29 is 25.8 Å². The SMILES string of the molecule is C[C@]12CCC3[C@@H](CC[C@H]4CCCCC[C@]34C)[C@@H]1CC=C2OS(=O)(=O)C(F)(F)F. The molecule has 0 spiro atoms. The van der Waals surface area contributed by atoms with Crippen molar-refractivity contribution in [2.45, 2.75) is 83.6 Å². The lowest BCUT2D eigenvalue weighted by Gasteiger charge is -2.58. The summed E-state index contributed by atoms with van der Waals surface area (Å²) in [5.41, 5.74) is -5.67. The fourth-order valence-electron chi connectivity index (χ4n) is 7.29. The molecule has 0 aromatic carbocycles. The van der Waals surface area contributed by atoms with Crippen LogP contribution in [0.5, 0.6) is 0 Å². The van der Waals surface area contributed by atoms with Gasteiger partial charge in [-0.2, -0.15) is 21.6 Å². The molecule has 0 radical (unpaired) electrons. The third kappa shape index (κ3) is 3.02. The summed E-state index contributed by atoms with van der Waals surface area (Å²) in [4.78, 5) is 0. The van der Waals surface area contributed by atoms with Crippen LogP contribution in [0, 0.1) is 34.5 Å². The topological polar surface area (TPSA) is 43.4 Å². The molecular formula is C21H31F3O3S.